The Kier molecular flexibility index (Phi) is 2.32. The summed E-state index contributed by atoms with van der Waals surface area (Å²) in [5.74, 6) is 0.332. The highest BCUT2D eigenvalue weighted by atomic mass is 15.2. The maximum atomic E-state index is 8.95. The topological polar surface area (TPSA) is 27.0 Å². The fraction of sp³-hybridized carbons (Fsp3) is 0.900. The molecule has 2 unspecified atom stereocenters. The molecule has 66 valence electrons. The smallest absolute Gasteiger partial charge is 0.0672 e. The van der Waals surface area contributed by atoms with Crippen LogP contribution in [-0.4, -0.2) is 24.0 Å². The van der Waals surface area contributed by atoms with Gasteiger partial charge in [0.05, 0.1) is 12.0 Å². The van der Waals surface area contributed by atoms with Crippen LogP contribution in [0.2, 0.25) is 0 Å². The molecule has 1 saturated heterocycles. The Labute approximate surface area is 74.2 Å². The van der Waals surface area contributed by atoms with E-state index in [0.717, 1.165) is 6.42 Å². The van der Waals surface area contributed by atoms with Gasteiger partial charge in [0.2, 0.25) is 0 Å². The largest absolute Gasteiger partial charge is 0.299 e. The summed E-state index contributed by atoms with van der Waals surface area (Å²) in [6.07, 6.45) is 6.34. The van der Waals surface area contributed by atoms with Crippen LogP contribution in [0.3, 0.4) is 0 Å². The third-order valence-electron chi connectivity index (χ3n) is 3.25. The summed E-state index contributed by atoms with van der Waals surface area (Å²) in [7, 11) is 0. The van der Waals surface area contributed by atoms with Gasteiger partial charge in [-0.05, 0) is 32.4 Å². The molecule has 0 N–H and O–H groups in total. The van der Waals surface area contributed by atoms with Gasteiger partial charge < -0.3 is 0 Å². The zero-order valence-electron chi connectivity index (χ0n) is 7.50. The highest BCUT2D eigenvalue weighted by molar-refractivity contribution is 4.97. The van der Waals surface area contributed by atoms with Crippen molar-refractivity contribution in [1.29, 1.82) is 5.26 Å². The average molecular weight is 164 g/mol. The molecule has 12 heavy (non-hydrogen) atoms. The first-order valence-electron chi connectivity index (χ1n) is 5.05. The van der Waals surface area contributed by atoms with Crippen LogP contribution in [0, 0.1) is 17.2 Å². The molecule has 2 atom stereocenters. The quantitative estimate of drug-likeness (QED) is 0.590. The second kappa shape index (κ2) is 3.45. The predicted molar refractivity (Wildman–Crippen MR) is 47.5 cm³/mol. The van der Waals surface area contributed by atoms with E-state index in [1.165, 1.54) is 38.8 Å². The number of rotatable bonds is 1. The minimum Gasteiger partial charge on any atom is -0.299 e. The van der Waals surface area contributed by atoms with Gasteiger partial charge in [0.15, 0.2) is 0 Å². The molecule has 1 aliphatic carbocycles. The molecule has 1 heterocycles. The molecule has 2 rings (SSSR count). The Hall–Kier alpha value is -0.550. The molecule has 2 fully saturated rings. The Morgan fingerprint density at radius 1 is 1.08 bits per heavy atom. The van der Waals surface area contributed by atoms with Gasteiger partial charge in [-0.1, -0.05) is 12.8 Å². The molecule has 1 aliphatic heterocycles. The molecule has 0 radical (unpaired) electrons. The van der Waals surface area contributed by atoms with Crippen LogP contribution in [0.15, 0.2) is 0 Å². The second-order valence-electron chi connectivity index (χ2n) is 3.98. The van der Waals surface area contributed by atoms with Crippen molar-refractivity contribution in [1.82, 2.24) is 4.90 Å². The highest BCUT2D eigenvalue weighted by Gasteiger charge is 2.32. The van der Waals surface area contributed by atoms with Crippen LogP contribution in [0.4, 0.5) is 0 Å². The van der Waals surface area contributed by atoms with Gasteiger partial charge in [-0.2, -0.15) is 5.26 Å². The number of hydrogen-bond acceptors (Lipinski definition) is 2. The molecule has 0 bridgehead atoms. The predicted octanol–water partition coefficient (Wildman–Crippen LogP) is 1.77. The van der Waals surface area contributed by atoms with Gasteiger partial charge in [0, 0.05) is 6.04 Å². The third-order valence-corrected chi connectivity index (χ3v) is 3.25. The first kappa shape index (κ1) is 8.07. The van der Waals surface area contributed by atoms with Gasteiger partial charge in [-0.3, -0.25) is 4.90 Å². The van der Waals surface area contributed by atoms with Crippen molar-refractivity contribution < 1.29 is 0 Å². The maximum absolute atomic E-state index is 8.95. The fourth-order valence-corrected chi connectivity index (χ4v) is 2.37. The van der Waals surface area contributed by atoms with Crippen molar-refractivity contribution in [3.8, 4) is 6.07 Å². The number of hydrogen-bond donors (Lipinski definition) is 0. The summed E-state index contributed by atoms with van der Waals surface area (Å²) in [6, 6.07) is 3.07. The monoisotopic (exact) mass is 164 g/mol. The summed E-state index contributed by atoms with van der Waals surface area (Å²) in [6.45, 7) is 2.48. The summed E-state index contributed by atoms with van der Waals surface area (Å²) in [5.41, 5.74) is 0. The third kappa shape index (κ3) is 1.34. The van der Waals surface area contributed by atoms with E-state index in [2.05, 4.69) is 11.0 Å². The van der Waals surface area contributed by atoms with Crippen LogP contribution < -0.4 is 0 Å². The van der Waals surface area contributed by atoms with Crippen LogP contribution in [0.25, 0.3) is 0 Å². The maximum Gasteiger partial charge on any atom is 0.0672 e. The van der Waals surface area contributed by atoms with Crippen molar-refractivity contribution in [3.05, 3.63) is 0 Å². The first-order chi connectivity index (χ1) is 5.92. The molecule has 0 aromatic heterocycles. The lowest BCUT2D eigenvalue weighted by molar-refractivity contribution is 0.0693. The van der Waals surface area contributed by atoms with E-state index < -0.39 is 0 Å². The standard InChI is InChI=1S/C10H16N2/c11-8-9-4-1-2-5-10(9)12-6-3-7-12/h9-10H,1-7H2. The van der Waals surface area contributed by atoms with Gasteiger partial charge in [-0.25, -0.2) is 0 Å². The lowest BCUT2D eigenvalue weighted by atomic mass is 9.83. The minimum absolute atomic E-state index is 0.332. The van der Waals surface area contributed by atoms with Crippen LogP contribution in [-0.2, 0) is 0 Å². The zero-order chi connectivity index (χ0) is 8.39. The molecule has 0 aromatic rings. The fourth-order valence-electron chi connectivity index (χ4n) is 2.37. The molecular formula is C10H16N2. The van der Waals surface area contributed by atoms with Gasteiger partial charge in [-0.15, -0.1) is 0 Å². The normalized spacial score (nSPS) is 36.9. The summed E-state index contributed by atoms with van der Waals surface area (Å²) in [4.78, 5) is 2.49. The Morgan fingerprint density at radius 3 is 2.42 bits per heavy atom. The SMILES string of the molecule is N#CC1CCCCC1N1CCC1. The lowest BCUT2D eigenvalue weighted by Crippen LogP contribution is -2.49. The molecule has 2 nitrogen and oxygen atoms in total. The van der Waals surface area contributed by atoms with Crippen molar-refractivity contribution in [2.75, 3.05) is 13.1 Å². The molecule has 0 aromatic carbocycles. The molecule has 2 heteroatoms. The van der Waals surface area contributed by atoms with Crippen molar-refractivity contribution in [3.63, 3.8) is 0 Å². The van der Waals surface area contributed by atoms with Gasteiger partial charge in [0.1, 0.15) is 0 Å². The number of nitriles is 1. The Bertz CT molecular complexity index is 191. The average Bonchev–Trinajstić information content (AvgIpc) is 2.02. The van der Waals surface area contributed by atoms with Crippen molar-refractivity contribution in [2.24, 2.45) is 5.92 Å². The van der Waals surface area contributed by atoms with E-state index in [4.69, 9.17) is 5.26 Å². The molecule has 2 aliphatic rings. The van der Waals surface area contributed by atoms with Gasteiger partial charge in [0.25, 0.3) is 0 Å². The zero-order valence-corrected chi connectivity index (χ0v) is 7.50. The summed E-state index contributed by atoms with van der Waals surface area (Å²) in [5, 5.41) is 8.95. The van der Waals surface area contributed by atoms with E-state index >= 15 is 0 Å². The lowest BCUT2D eigenvalue weighted by Gasteiger charge is -2.42. The molecule has 1 saturated carbocycles. The van der Waals surface area contributed by atoms with Crippen LogP contribution in [0.1, 0.15) is 32.1 Å². The number of nitrogens with zero attached hydrogens (tertiary/aromatic N) is 2. The first-order valence-corrected chi connectivity index (χ1v) is 5.05. The van der Waals surface area contributed by atoms with E-state index in [1.807, 2.05) is 0 Å². The van der Waals surface area contributed by atoms with Crippen LogP contribution >= 0.6 is 0 Å². The summed E-state index contributed by atoms with van der Waals surface area (Å²) < 4.78 is 0. The van der Waals surface area contributed by atoms with Crippen molar-refractivity contribution >= 4 is 0 Å². The Morgan fingerprint density at radius 2 is 1.83 bits per heavy atom. The van der Waals surface area contributed by atoms with Gasteiger partial charge >= 0.3 is 0 Å². The van der Waals surface area contributed by atoms with Crippen LogP contribution in [0.5, 0.6) is 0 Å². The highest BCUT2D eigenvalue weighted by Crippen LogP contribution is 2.30. The molecular weight excluding hydrogens is 148 g/mol. The molecule has 0 spiro atoms. The minimum atomic E-state index is 0.332. The Balaban J connectivity index is 1.95. The van der Waals surface area contributed by atoms with E-state index in [1.54, 1.807) is 0 Å². The second-order valence-corrected chi connectivity index (χ2v) is 3.98. The summed E-state index contributed by atoms with van der Waals surface area (Å²) >= 11 is 0. The van der Waals surface area contributed by atoms with E-state index in [9.17, 15) is 0 Å². The van der Waals surface area contributed by atoms with E-state index in [-0.39, 0.29) is 0 Å². The van der Waals surface area contributed by atoms with Crippen molar-refractivity contribution in [2.45, 2.75) is 38.1 Å². The molecule has 0 amide bonds. The number of likely N-dealkylation sites (tertiary alicyclic amines) is 1. The van der Waals surface area contributed by atoms with E-state index in [0.29, 0.717) is 12.0 Å².